The molecule has 0 atom stereocenters. The summed E-state index contributed by atoms with van der Waals surface area (Å²) in [6.07, 6.45) is 0. The summed E-state index contributed by atoms with van der Waals surface area (Å²) in [5.74, 6) is -0.0254. The number of esters is 1. The van der Waals surface area contributed by atoms with Crippen LogP contribution >= 0.6 is 11.6 Å². The molecule has 1 fully saturated rings. The van der Waals surface area contributed by atoms with E-state index in [2.05, 4.69) is 0 Å². The lowest BCUT2D eigenvalue weighted by Crippen LogP contribution is -2.50. The second-order valence-corrected chi connectivity index (χ2v) is 2.84. The first-order chi connectivity index (χ1) is 5.27. The van der Waals surface area contributed by atoms with E-state index in [1.54, 1.807) is 0 Å². The van der Waals surface area contributed by atoms with Crippen molar-refractivity contribution in [1.82, 2.24) is 4.90 Å². The second-order valence-electron chi connectivity index (χ2n) is 2.60. The molecule has 64 valence electrons. The molecule has 0 aliphatic carbocycles. The van der Waals surface area contributed by atoms with Gasteiger partial charge in [-0.2, -0.15) is 0 Å². The molecule has 0 aromatic carbocycles. The lowest BCUT2D eigenvalue weighted by atomic mass is 10.0. The van der Waals surface area contributed by atoms with E-state index >= 15 is 0 Å². The van der Waals surface area contributed by atoms with Crippen molar-refractivity contribution in [2.75, 3.05) is 25.7 Å². The predicted molar refractivity (Wildman–Crippen MR) is 42.4 cm³/mol. The number of halogens is 1. The average molecular weight is 178 g/mol. The largest absolute Gasteiger partial charge is 0.466 e. The molecule has 4 heteroatoms. The summed E-state index contributed by atoms with van der Waals surface area (Å²) in [5.41, 5.74) is 0. The van der Waals surface area contributed by atoms with E-state index < -0.39 is 0 Å². The molecular formula is C7H12ClNO2. The summed E-state index contributed by atoms with van der Waals surface area (Å²) >= 11 is 5.52. The number of carbonyl (C=O) groups excluding carboxylic acids is 1. The van der Waals surface area contributed by atoms with Crippen LogP contribution in [0.1, 0.15) is 6.92 Å². The quantitative estimate of drug-likeness (QED) is 0.361. The first kappa shape index (κ1) is 8.81. The Morgan fingerprint density at radius 2 is 2.36 bits per heavy atom. The maximum atomic E-state index is 11.0. The number of hydrogen-bond donors (Lipinski definition) is 0. The lowest BCUT2D eigenvalue weighted by Gasteiger charge is -2.35. The monoisotopic (exact) mass is 177 g/mol. The van der Waals surface area contributed by atoms with E-state index in [0.29, 0.717) is 12.6 Å². The third kappa shape index (κ3) is 2.07. The highest BCUT2D eigenvalue weighted by atomic mass is 35.5. The summed E-state index contributed by atoms with van der Waals surface area (Å²) in [5, 5.41) is 0. The van der Waals surface area contributed by atoms with Crippen molar-refractivity contribution in [1.29, 1.82) is 0 Å². The van der Waals surface area contributed by atoms with Crippen LogP contribution in [0, 0.1) is 5.92 Å². The number of nitrogens with zero attached hydrogens (tertiary/aromatic N) is 1. The summed E-state index contributed by atoms with van der Waals surface area (Å²) in [6.45, 7) is 3.79. The van der Waals surface area contributed by atoms with E-state index in [9.17, 15) is 4.79 Å². The summed E-state index contributed by atoms with van der Waals surface area (Å²) in [7, 11) is 0. The molecule has 0 unspecified atom stereocenters. The van der Waals surface area contributed by atoms with Crippen LogP contribution in [0.25, 0.3) is 0 Å². The Morgan fingerprint density at radius 3 is 2.82 bits per heavy atom. The predicted octanol–water partition coefficient (Wildman–Crippen LogP) is 0.678. The summed E-state index contributed by atoms with van der Waals surface area (Å²) in [4.78, 5) is 13.0. The molecular weight excluding hydrogens is 166 g/mol. The molecule has 0 bridgehead atoms. The van der Waals surface area contributed by atoms with Crippen molar-refractivity contribution >= 4 is 17.6 Å². The molecule has 1 aliphatic rings. The fourth-order valence-corrected chi connectivity index (χ4v) is 1.27. The summed E-state index contributed by atoms with van der Waals surface area (Å²) in [6, 6.07) is 0.510. The first-order valence-corrected chi connectivity index (χ1v) is 4.26. The standard InChI is InChI=1S/C7H12ClNO2/c1-2-11-7(10)6-3-9(4-6)5-8/h6H,2-5H2,1H3. The van der Waals surface area contributed by atoms with Gasteiger partial charge in [0.2, 0.25) is 0 Å². The van der Waals surface area contributed by atoms with Gasteiger partial charge in [-0.1, -0.05) is 0 Å². The molecule has 0 aromatic heterocycles. The number of hydrogen-bond acceptors (Lipinski definition) is 3. The fourth-order valence-electron chi connectivity index (χ4n) is 1.08. The van der Waals surface area contributed by atoms with Gasteiger partial charge in [0.1, 0.15) is 0 Å². The van der Waals surface area contributed by atoms with E-state index in [0.717, 1.165) is 13.1 Å². The zero-order valence-corrected chi connectivity index (χ0v) is 7.30. The molecule has 0 aromatic rings. The molecule has 11 heavy (non-hydrogen) atoms. The topological polar surface area (TPSA) is 29.5 Å². The zero-order chi connectivity index (χ0) is 8.27. The van der Waals surface area contributed by atoms with Gasteiger partial charge in [-0.25, -0.2) is 0 Å². The number of carbonyl (C=O) groups is 1. The van der Waals surface area contributed by atoms with Crippen LogP contribution in [0.4, 0.5) is 0 Å². The molecule has 3 nitrogen and oxygen atoms in total. The van der Waals surface area contributed by atoms with Crippen LogP contribution in [0.3, 0.4) is 0 Å². The SMILES string of the molecule is CCOC(=O)C1CN(CCl)C1. The van der Waals surface area contributed by atoms with E-state index in [-0.39, 0.29) is 11.9 Å². The van der Waals surface area contributed by atoms with Gasteiger partial charge >= 0.3 is 5.97 Å². The van der Waals surface area contributed by atoms with Crippen molar-refractivity contribution in [3.63, 3.8) is 0 Å². The Morgan fingerprint density at radius 1 is 1.73 bits per heavy atom. The molecule has 1 saturated heterocycles. The van der Waals surface area contributed by atoms with Gasteiger partial charge in [0.15, 0.2) is 0 Å². The second kappa shape index (κ2) is 3.93. The van der Waals surface area contributed by atoms with Crippen molar-refractivity contribution in [3.05, 3.63) is 0 Å². The van der Waals surface area contributed by atoms with Crippen LogP contribution in [-0.4, -0.2) is 36.6 Å². The highest BCUT2D eigenvalue weighted by Crippen LogP contribution is 2.16. The number of rotatable bonds is 3. The minimum atomic E-state index is -0.0890. The number of ether oxygens (including phenoxy) is 1. The Bertz CT molecular complexity index is 145. The van der Waals surface area contributed by atoms with Crippen LogP contribution < -0.4 is 0 Å². The third-order valence-electron chi connectivity index (χ3n) is 1.75. The van der Waals surface area contributed by atoms with E-state index in [4.69, 9.17) is 16.3 Å². The normalized spacial score (nSPS) is 19.5. The van der Waals surface area contributed by atoms with Crippen molar-refractivity contribution in [3.8, 4) is 0 Å². The van der Waals surface area contributed by atoms with E-state index in [1.807, 2.05) is 11.8 Å². The Balaban J connectivity index is 2.16. The van der Waals surface area contributed by atoms with E-state index in [1.165, 1.54) is 0 Å². The van der Waals surface area contributed by atoms with Gasteiger partial charge in [0.05, 0.1) is 18.5 Å². The molecule has 1 aliphatic heterocycles. The van der Waals surface area contributed by atoms with Gasteiger partial charge in [-0.15, -0.1) is 11.6 Å². The van der Waals surface area contributed by atoms with Crippen molar-refractivity contribution < 1.29 is 9.53 Å². The molecule has 0 N–H and O–H groups in total. The van der Waals surface area contributed by atoms with Crippen molar-refractivity contribution in [2.45, 2.75) is 6.92 Å². The Labute approximate surface area is 71.3 Å². The van der Waals surface area contributed by atoms with Crippen LogP contribution in [0.5, 0.6) is 0 Å². The summed E-state index contributed by atoms with van der Waals surface area (Å²) < 4.78 is 4.83. The maximum absolute atomic E-state index is 11.0. The smallest absolute Gasteiger partial charge is 0.311 e. The van der Waals surface area contributed by atoms with Gasteiger partial charge in [-0.05, 0) is 6.92 Å². The molecule has 1 heterocycles. The van der Waals surface area contributed by atoms with Crippen LogP contribution in [0.2, 0.25) is 0 Å². The van der Waals surface area contributed by atoms with Crippen LogP contribution in [-0.2, 0) is 9.53 Å². The molecule has 0 amide bonds. The Kier molecular flexibility index (Phi) is 3.15. The highest BCUT2D eigenvalue weighted by molar-refractivity contribution is 6.17. The average Bonchev–Trinajstić information content (AvgIpc) is 1.86. The van der Waals surface area contributed by atoms with Crippen LogP contribution in [0.15, 0.2) is 0 Å². The minimum absolute atomic E-state index is 0.0636. The lowest BCUT2D eigenvalue weighted by molar-refractivity contribution is -0.153. The first-order valence-electron chi connectivity index (χ1n) is 3.73. The third-order valence-corrected chi connectivity index (χ3v) is 2.08. The number of alkyl halides is 1. The molecule has 0 radical (unpaired) electrons. The Hall–Kier alpha value is -0.280. The molecule has 0 saturated carbocycles. The van der Waals surface area contributed by atoms with Gasteiger partial charge in [0, 0.05) is 13.1 Å². The van der Waals surface area contributed by atoms with Gasteiger partial charge in [0.25, 0.3) is 0 Å². The molecule has 1 rings (SSSR count). The highest BCUT2D eigenvalue weighted by Gasteiger charge is 2.32. The van der Waals surface area contributed by atoms with Gasteiger partial charge < -0.3 is 4.74 Å². The molecule has 0 spiro atoms. The fraction of sp³-hybridized carbons (Fsp3) is 0.857. The number of likely N-dealkylation sites (tertiary alicyclic amines) is 1. The minimum Gasteiger partial charge on any atom is -0.466 e. The zero-order valence-electron chi connectivity index (χ0n) is 6.55. The van der Waals surface area contributed by atoms with Crippen molar-refractivity contribution in [2.24, 2.45) is 5.92 Å². The van der Waals surface area contributed by atoms with Gasteiger partial charge in [-0.3, -0.25) is 9.69 Å². The maximum Gasteiger partial charge on any atom is 0.311 e.